The van der Waals surface area contributed by atoms with E-state index in [4.69, 9.17) is 5.11 Å². The molecular weight excluding hydrogens is 264 g/mol. The molecule has 0 heterocycles. The van der Waals surface area contributed by atoms with E-state index >= 15 is 0 Å². The van der Waals surface area contributed by atoms with Crippen molar-refractivity contribution in [2.45, 2.75) is 20.3 Å². The molecule has 1 aromatic rings. The number of carbonyl (C=O) groups excluding carboxylic acids is 1. The van der Waals surface area contributed by atoms with Crippen molar-refractivity contribution in [2.75, 3.05) is 13.1 Å². The van der Waals surface area contributed by atoms with Crippen LogP contribution in [0, 0.1) is 17.0 Å². The van der Waals surface area contributed by atoms with Crippen LogP contribution in [0.25, 0.3) is 0 Å². The predicted octanol–water partition coefficient (Wildman–Crippen LogP) is 1.84. The van der Waals surface area contributed by atoms with Gasteiger partial charge in [-0.15, -0.1) is 0 Å². The van der Waals surface area contributed by atoms with E-state index < -0.39 is 23.3 Å². The smallest absolute Gasteiger partial charge is 0.323 e. The van der Waals surface area contributed by atoms with Crippen molar-refractivity contribution < 1.29 is 19.6 Å². The minimum absolute atomic E-state index is 0.0790. The maximum atomic E-state index is 12.3. The lowest BCUT2D eigenvalue weighted by Gasteiger charge is -2.20. The molecule has 0 fully saturated rings. The maximum absolute atomic E-state index is 12.3. The maximum Gasteiger partial charge on any atom is 0.323 e. The molecule has 0 aliphatic heterocycles. The Kier molecular flexibility index (Phi) is 5.19. The molecule has 7 heteroatoms. The van der Waals surface area contributed by atoms with Crippen LogP contribution < -0.4 is 0 Å². The highest BCUT2D eigenvalue weighted by molar-refractivity contribution is 5.99. The molecule has 7 nitrogen and oxygen atoms in total. The number of carboxylic acid groups (broad SMARTS) is 1. The summed E-state index contributed by atoms with van der Waals surface area (Å²) in [6.45, 7) is 3.09. The fraction of sp³-hybridized carbons (Fsp3) is 0.385. The molecule has 0 aliphatic rings. The highest BCUT2D eigenvalue weighted by Crippen LogP contribution is 2.24. The number of nitrogens with zero attached hydrogens (tertiary/aromatic N) is 2. The standard InChI is InChI=1S/C13H16N2O5/c1-3-7-14(8-11(16)17)13(18)10-6-4-5-9(2)12(10)15(19)20/h4-6H,3,7-8H2,1-2H3,(H,16,17). The molecule has 1 aromatic carbocycles. The summed E-state index contributed by atoms with van der Waals surface area (Å²) in [7, 11) is 0. The molecule has 108 valence electrons. The summed E-state index contributed by atoms with van der Waals surface area (Å²) in [5.74, 6) is -1.79. The second kappa shape index (κ2) is 6.65. The SMILES string of the molecule is CCCN(CC(=O)O)C(=O)c1cccc(C)c1[N+](=O)[O-]. The van der Waals surface area contributed by atoms with Crippen LogP contribution >= 0.6 is 0 Å². The molecule has 0 spiro atoms. The van der Waals surface area contributed by atoms with Crippen molar-refractivity contribution in [1.82, 2.24) is 4.90 Å². The number of carbonyl (C=O) groups is 2. The number of rotatable bonds is 6. The van der Waals surface area contributed by atoms with Gasteiger partial charge in [0.1, 0.15) is 12.1 Å². The van der Waals surface area contributed by atoms with Gasteiger partial charge in [0.15, 0.2) is 0 Å². The van der Waals surface area contributed by atoms with Crippen molar-refractivity contribution in [2.24, 2.45) is 0 Å². The van der Waals surface area contributed by atoms with Gasteiger partial charge in [-0.3, -0.25) is 19.7 Å². The van der Waals surface area contributed by atoms with Gasteiger partial charge in [0, 0.05) is 12.1 Å². The van der Waals surface area contributed by atoms with Crippen LogP contribution in [0.2, 0.25) is 0 Å². The largest absolute Gasteiger partial charge is 0.480 e. The van der Waals surface area contributed by atoms with Crippen molar-refractivity contribution in [3.8, 4) is 0 Å². The van der Waals surface area contributed by atoms with Crippen LogP contribution in [-0.4, -0.2) is 39.9 Å². The second-order valence-corrected chi connectivity index (χ2v) is 4.35. The zero-order valence-corrected chi connectivity index (χ0v) is 11.3. The number of amides is 1. The first-order chi connectivity index (χ1) is 9.38. The molecule has 0 bridgehead atoms. The monoisotopic (exact) mass is 280 g/mol. The van der Waals surface area contributed by atoms with E-state index in [2.05, 4.69) is 0 Å². The lowest BCUT2D eigenvalue weighted by Crippen LogP contribution is -2.36. The molecule has 1 N–H and O–H groups in total. The molecule has 1 rings (SSSR count). The minimum atomic E-state index is -1.15. The molecule has 0 radical (unpaired) electrons. The summed E-state index contributed by atoms with van der Waals surface area (Å²) in [5, 5.41) is 19.9. The number of aliphatic carboxylic acids is 1. The van der Waals surface area contributed by atoms with E-state index in [1.165, 1.54) is 19.1 Å². The van der Waals surface area contributed by atoms with Gasteiger partial charge in [-0.25, -0.2) is 0 Å². The molecular formula is C13H16N2O5. The summed E-state index contributed by atoms with van der Waals surface area (Å²) in [6, 6.07) is 4.43. The Hall–Kier alpha value is -2.44. The molecule has 20 heavy (non-hydrogen) atoms. The second-order valence-electron chi connectivity index (χ2n) is 4.35. The molecule has 0 aliphatic carbocycles. The number of benzene rings is 1. The third-order valence-electron chi connectivity index (χ3n) is 2.76. The number of hydrogen-bond donors (Lipinski definition) is 1. The zero-order valence-electron chi connectivity index (χ0n) is 11.3. The van der Waals surface area contributed by atoms with Crippen molar-refractivity contribution in [3.05, 3.63) is 39.4 Å². The lowest BCUT2D eigenvalue weighted by atomic mass is 10.1. The number of para-hydroxylation sites is 1. The number of carboxylic acids is 1. The molecule has 0 atom stereocenters. The van der Waals surface area contributed by atoms with Crippen LogP contribution in [0.1, 0.15) is 29.3 Å². The average molecular weight is 280 g/mol. The number of nitro groups is 1. The van der Waals surface area contributed by atoms with Crippen molar-refractivity contribution >= 4 is 17.6 Å². The molecule has 0 saturated carbocycles. The summed E-state index contributed by atoms with van der Waals surface area (Å²) in [4.78, 5) is 34.6. The van der Waals surface area contributed by atoms with Crippen LogP contribution in [-0.2, 0) is 4.79 Å². The first-order valence-electron chi connectivity index (χ1n) is 6.13. The normalized spacial score (nSPS) is 10.1. The fourth-order valence-electron chi connectivity index (χ4n) is 1.93. The van der Waals surface area contributed by atoms with Gasteiger partial charge in [-0.2, -0.15) is 0 Å². The van der Waals surface area contributed by atoms with Crippen LogP contribution in [0.4, 0.5) is 5.69 Å². The lowest BCUT2D eigenvalue weighted by molar-refractivity contribution is -0.385. The van der Waals surface area contributed by atoms with E-state index in [1.807, 2.05) is 0 Å². The van der Waals surface area contributed by atoms with Crippen LogP contribution in [0.15, 0.2) is 18.2 Å². The van der Waals surface area contributed by atoms with Gasteiger partial charge < -0.3 is 10.0 Å². The predicted molar refractivity (Wildman–Crippen MR) is 71.7 cm³/mol. The Morgan fingerprint density at radius 1 is 1.40 bits per heavy atom. The van der Waals surface area contributed by atoms with Gasteiger partial charge >= 0.3 is 5.97 Å². The Bertz CT molecular complexity index is 542. The van der Waals surface area contributed by atoms with Gasteiger partial charge in [0.05, 0.1) is 4.92 Å². The summed E-state index contributed by atoms with van der Waals surface area (Å²) >= 11 is 0. The third kappa shape index (κ3) is 3.53. The summed E-state index contributed by atoms with van der Waals surface area (Å²) in [5.41, 5.74) is 0.0151. The van der Waals surface area contributed by atoms with Gasteiger partial charge in [-0.05, 0) is 19.4 Å². The van der Waals surface area contributed by atoms with E-state index in [9.17, 15) is 19.7 Å². The van der Waals surface area contributed by atoms with Crippen molar-refractivity contribution in [1.29, 1.82) is 0 Å². The van der Waals surface area contributed by atoms with E-state index in [1.54, 1.807) is 13.0 Å². The average Bonchev–Trinajstić information content (AvgIpc) is 2.36. The summed E-state index contributed by atoms with van der Waals surface area (Å²) in [6.07, 6.45) is 0.568. The highest BCUT2D eigenvalue weighted by atomic mass is 16.6. The van der Waals surface area contributed by atoms with E-state index in [-0.39, 0.29) is 17.8 Å². The first-order valence-corrected chi connectivity index (χ1v) is 6.13. The zero-order chi connectivity index (χ0) is 15.3. The van der Waals surface area contributed by atoms with Gasteiger partial charge in [-0.1, -0.05) is 19.1 Å². The Morgan fingerprint density at radius 2 is 2.05 bits per heavy atom. The van der Waals surface area contributed by atoms with Gasteiger partial charge in [0.2, 0.25) is 0 Å². The van der Waals surface area contributed by atoms with E-state index in [0.29, 0.717) is 12.0 Å². The Balaban J connectivity index is 3.21. The van der Waals surface area contributed by atoms with E-state index in [0.717, 1.165) is 4.90 Å². The van der Waals surface area contributed by atoms with Gasteiger partial charge in [0.25, 0.3) is 11.6 Å². The number of aryl methyl sites for hydroxylation is 1. The molecule has 1 amide bonds. The van der Waals surface area contributed by atoms with Crippen LogP contribution in [0.5, 0.6) is 0 Å². The minimum Gasteiger partial charge on any atom is -0.480 e. The van der Waals surface area contributed by atoms with Crippen molar-refractivity contribution in [3.63, 3.8) is 0 Å². The first kappa shape index (κ1) is 15.6. The molecule has 0 saturated heterocycles. The highest BCUT2D eigenvalue weighted by Gasteiger charge is 2.26. The molecule has 0 unspecified atom stereocenters. The number of hydrogen-bond acceptors (Lipinski definition) is 4. The Labute approximate surface area is 116 Å². The molecule has 0 aromatic heterocycles. The fourth-order valence-corrected chi connectivity index (χ4v) is 1.93. The quantitative estimate of drug-likeness (QED) is 0.633. The number of nitro benzene ring substituents is 1. The summed E-state index contributed by atoms with van der Waals surface area (Å²) < 4.78 is 0. The topological polar surface area (TPSA) is 101 Å². The Morgan fingerprint density at radius 3 is 2.55 bits per heavy atom. The third-order valence-corrected chi connectivity index (χ3v) is 2.76. The van der Waals surface area contributed by atoms with Crippen LogP contribution in [0.3, 0.4) is 0 Å².